The summed E-state index contributed by atoms with van der Waals surface area (Å²) in [5, 5.41) is 22.1. The van der Waals surface area contributed by atoms with Crippen LogP contribution in [-0.2, 0) is 0 Å². The Kier molecular flexibility index (Phi) is 5.94. The van der Waals surface area contributed by atoms with Gasteiger partial charge in [0.15, 0.2) is 0 Å². The van der Waals surface area contributed by atoms with Gasteiger partial charge in [0.1, 0.15) is 0 Å². The number of carboxylic acid groups (broad SMARTS) is 1. The molecule has 2 atom stereocenters. The van der Waals surface area contributed by atoms with E-state index in [4.69, 9.17) is 0 Å². The highest BCUT2D eigenvalue weighted by Crippen LogP contribution is 2.33. The molecule has 1 aromatic rings. The van der Waals surface area contributed by atoms with E-state index in [1.807, 2.05) is 25.1 Å². The minimum absolute atomic E-state index is 0.226. The predicted molar refractivity (Wildman–Crippen MR) is 86.2 cm³/mol. The number of aliphatic hydroxyl groups is 1. The topological polar surface area (TPSA) is 69.6 Å². The van der Waals surface area contributed by atoms with E-state index in [1.165, 1.54) is 0 Å². The Morgan fingerprint density at radius 3 is 2.81 bits per heavy atom. The SMILES string of the molecule is CCSc1cccc(NCC2CCCC2CO)c1C(=O)O. The number of rotatable bonds is 7. The fraction of sp³-hybridized carbons (Fsp3) is 0.562. The van der Waals surface area contributed by atoms with Crippen molar-refractivity contribution >= 4 is 23.4 Å². The van der Waals surface area contributed by atoms with Crippen LogP contribution in [-0.4, -0.2) is 35.1 Å². The number of carbonyl (C=O) groups is 1. The molecule has 21 heavy (non-hydrogen) atoms. The van der Waals surface area contributed by atoms with Crippen LogP contribution >= 0.6 is 11.8 Å². The van der Waals surface area contributed by atoms with Gasteiger partial charge in [-0.15, -0.1) is 11.8 Å². The molecule has 0 amide bonds. The van der Waals surface area contributed by atoms with E-state index in [0.717, 1.165) is 36.5 Å². The maximum absolute atomic E-state index is 11.5. The number of carboxylic acids is 1. The van der Waals surface area contributed by atoms with Crippen LogP contribution < -0.4 is 5.32 Å². The molecule has 3 N–H and O–H groups in total. The number of hydrogen-bond acceptors (Lipinski definition) is 4. The summed E-state index contributed by atoms with van der Waals surface area (Å²) in [6.07, 6.45) is 3.32. The first-order valence-corrected chi connectivity index (χ1v) is 8.49. The standard InChI is InChI=1S/C16H23NO3S/c1-2-21-14-8-4-7-13(15(14)16(19)20)17-9-11-5-3-6-12(11)10-18/h4,7-8,11-12,17-18H,2-3,5-6,9-10H2,1H3,(H,19,20). The fourth-order valence-corrected chi connectivity index (χ4v) is 3.87. The normalized spacial score (nSPS) is 21.4. The molecule has 1 fully saturated rings. The van der Waals surface area contributed by atoms with E-state index in [1.54, 1.807) is 11.8 Å². The van der Waals surface area contributed by atoms with Gasteiger partial charge in [0.2, 0.25) is 0 Å². The first kappa shape index (κ1) is 16.2. The second-order valence-corrected chi connectivity index (χ2v) is 6.74. The second kappa shape index (κ2) is 7.71. The van der Waals surface area contributed by atoms with Crippen molar-refractivity contribution in [2.45, 2.75) is 31.1 Å². The molecular formula is C16H23NO3S. The van der Waals surface area contributed by atoms with Gasteiger partial charge in [0.05, 0.1) is 5.56 Å². The fourth-order valence-electron chi connectivity index (χ4n) is 3.04. The van der Waals surface area contributed by atoms with E-state index in [0.29, 0.717) is 23.1 Å². The molecule has 5 heteroatoms. The Morgan fingerprint density at radius 2 is 2.14 bits per heavy atom. The van der Waals surface area contributed by atoms with Gasteiger partial charge >= 0.3 is 5.97 Å². The number of anilines is 1. The Hall–Kier alpha value is -1.20. The first-order chi connectivity index (χ1) is 10.2. The lowest BCUT2D eigenvalue weighted by molar-refractivity contribution is 0.0694. The molecule has 0 heterocycles. The monoisotopic (exact) mass is 309 g/mol. The van der Waals surface area contributed by atoms with E-state index in [9.17, 15) is 15.0 Å². The average Bonchev–Trinajstić information content (AvgIpc) is 2.92. The van der Waals surface area contributed by atoms with Crippen LogP contribution in [0, 0.1) is 11.8 Å². The van der Waals surface area contributed by atoms with Crippen molar-refractivity contribution in [1.29, 1.82) is 0 Å². The van der Waals surface area contributed by atoms with Gasteiger partial charge in [0.25, 0.3) is 0 Å². The largest absolute Gasteiger partial charge is 0.478 e. The van der Waals surface area contributed by atoms with Crippen molar-refractivity contribution in [2.75, 3.05) is 24.2 Å². The van der Waals surface area contributed by atoms with Gasteiger partial charge < -0.3 is 15.5 Å². The number of thioether (sulfide) groups is 1. The Labute approximate surface area is 129 Å². The molecule has 1 saturated carbocycles. The zero-order valence-corrected chi connectivity index (χ0v) is 13.2. The highest BCUT2D eigenvalue weighted by molar-refractivity contribution is 7.99. The van der Waals surface area contributed by atoms with Gasteiger partial charge in [-0.2, -0.15) is 0 Å². The van der Waals surface area contributed by atoms with E-state index >= 15 is 0 Å². The van der Waals surface area contributed by atoms with Gasteiger partial charge in [-0.3, -0.25) is 0 Å². The van der Waals surface area contributed by atoms with Crippen molar-refractivity contribution in [3.63, 3.8) is 0 Å². The molecule has 1 aliphatic rings. The number of aliphatic hydroxyl groups excluding tert-OH is 1. The van der Waals surface area contributed by atoms with Crippen LogP contribution in [0.1, 0.15) is 36.5 Å². The molecule has 1 aliphatic carbocycles. The molecule has 0 aliphatic heterocycles. The molecule has 2 rings (SSSR count). The van der Waals surface area contributed by atoms with Crippen LogP contribution in [0.2, 0.25) is 0 Å². The molecule has 0 bridgehead atoms. The quantitative estimate of drug-likeness (QED) is 0.674. The smallest absolute Gasteiger partial charge is 0.338 e. The Bertz CT molecular complexity index is 492. The van der Waals surface area contributed by atoms with Gasteiger partial charge in [-0.1, -0.05) is 19.4 Å². The second-order valence-electron chi connectivity index (χ2n) is 5.43. The maximum atomic E-state index is 11.5. The molecule has 0 radical (unpaired) electrons. The molecular weight excluding hydrogens is 286 g/mol. The number of benzene rings is 1. The van der Waals surface area contributed by atoms with E-state index in [2.05, 4.69) is 5.32 Å². The summed E-state index contributed by atoms with van der Waals surface area (Å²) in [7, 11) is 0. The minimum Gasteiger partial charge on any atom is -0.478 e. The van der Waals surface area contributed by atoms with E-state index < -0.39 is 5.97 Å². The lowest BCUT2D eigenvalue weighted by Crippen LogP contribution is -2.21. The van der Waals surface area contributed by atoms with Gasteiger partial charge in [0, 0.05) is 23.7 Å². The van der Waals surface area contributed by atoms with Crippen molar-refractivity contribution in [3.8, 4) is 0 Å². The Morgan fingerprint density at radius 1 is 1.38 bits per heavy atom. The van der Waals surface area contributed by atoms with Crippen molar-refractivity contribution < 1.29 is 15.0 Å². The van der Waals surface area contributed by atoms with Crippen LogP contribution in [0.25, 0.3) is 0 Å². The lowest BCUT2D eigenvalue weighted by atomic mass is 9.97. The summed E-state index contributed by atoms with van der Waals surface area (Å²) >= 11 is 1.55. The van der Waals surface area contributed by atoms with Crippen LogP contribution in [0.5, 0.6) is 0 Å². The van der Waals surface area contributed by atoms with Crippen molar-refractivity contribution in [2.24, 2.45) is 11.8 Å². The third kappa shape index (κ3) is 3.92. The number of hydrogen-bond donors (Lipinski definition) is 3. The summed E-state index contributed by atoms with van der Waals surface area (Å²) in [4.78, 5) is 12.3. The molecule has 2 unspecified atom stereocenters. The highest BCUT2D eigenvalue weighted by atomic mass is 32.2. The average molecular weight is 309 g/mol. The van der Waals surface area contributed by atoms with Crippen LogP contribution in [0.4, 0.5) is 5.69 Å². The number of nitrogens with one attached hydrogen (secondary N) is 1. The van der Waals surface area contributed by atoms with Crippen LogP contribution in [0.15, 0.2) is 23.1 Å². The maximum Gasteiger partial charge on any atom is 0.338 e. The molecule has 116 valence electrons. The molecule has 0 aromatic heterocycles. The van der Waals surface area contributed by atoms with E-state index in [-0.39, 0.29) is 6.61 Å². The zero-order chi connectivity index (χ0) is 15.2. The number of aromatic carboxylic acids is 1. The highest BCUT2D eigenvalue weighted by Gasteiger charge is 2.26. The summed E-state index contributed by atoms with van der Waals surface area (Å²) in [5.41, 5.74) is 1.05. The summed E-state index contributed by atoms with van der Waals surface area (Å²) in [6.45, 7) is 2.97. The predicted octanol–water partition coefficient (Wildman–Crippen LogP) is 3.32. The summed E-state index contributed by atoms with van der Waals surface area (Å²) in [6, 6.07) is 5.58. The summed E-state index contributed by atoms with van der Waals surface area (Å²) in [5.74, 6) is 0.733. The lowest BCUT2D eigenvalue weighted by Gasteiger charge is -2.20. The van der Waals surface area contributed by atoms with Gasteiger partial charge in [-0.05, 0) is 42.6 Å². The molecule has 0 saturated heterocycles. The zero-order valence-electron chi connectivity index (χ0n) is 12.3. The first-order valence-electron chi connectivity index (χ1n) is 7.51. The van der Waals surface area contributed by atoms with Gasteiger partial charge in [-0.25, -0.2) is 4.79 Å². The third-order valence-corrected chi connectivity index (χ3v) is 5.09. The minimum atomic E-state index is -0.890. The Balaban J connectivity index is 2.12. The van der Waals surface area contributed by atoms with Crippen molar-refractivity contribution in [1.82, 2.24) is 0 Å². The van der Waals surface area contributed by atoms with Crippen molar-refractivity contribution in [3.05, 3.63) is 23.8 Å². The summed E-state index contributed by atoms with van der Waals surface area (Å²) < 4.78 is 0. The molecule has 4 nitrogen and oxygen atoms in total. The third-order valence-electron chi connectivity index (χ3n) is 4.15. The molecule has 1 aromatic carbocycles. The molecule has 0 spiro atoms. The van der Waals surface area contributed by atoms with Crippen LogP contribution in [0.3, 0.4) is 0 Å².